The summed E-state index contributed by atoms with van der Waals surface area (Å²) in [6, 6.07) is -1.41. The van der Waals surface area contributed by atoms with Crippen molar-refractivity contribution in [2.75, 3.05) is 6.54 Å². The third kappa shape index (κ3) is 5.87. The van der Waals surface area contributed by atoms with Crippen LogP contribution in [0.4, 0.5) is 13.2 Å². The molecule has 1 unspecified atom stereocenters. The van der Waals surface area contributed by atoms with Crippen LogP contribution in [0.15, 0.2) is 0 Å². The summed E-state index contributed by atoms with van der Waals surface area (Å²) in [5, 5.41) is 2.48. The second-order valence-corrected chi connectivity index (χ2v) is 3.01. The molecule has 0 aromatic carbocycles. The van der Waals surface area contributed by atoms with Crippen LogP contribution in [0.2, 0.25) is 0 Å². The largest absolute Gasteiger partial charge is 0.403 e. The van der Waals surface area contributed by atoms with Gasteiger partial charge in [0, 0.05) is 6.42 Å². The fourth-order valence-electron chi connectivity index (χ4n) is 1.04. The van der Waals surface area contributed by atoms with E-state index in [1.807, 2.05) is 6.92 Å². The topological polar surface area (TPSA) is 12.0 Å². The highest BCUT2D eigenvalue weighted by molar-refractivity contribution is 4.96. The Morgan fingerprint density at radius 1 is 1.36 bits per heavy atom. The van der Waals surface area contributed by atoms with Crippen LogP contribution >= 0.6 is 0 Å². The van der Waals surface area contributed by atoms with Gasteiger partial charge in [-0.25, -0.2) is 0 Å². The highest BCUT2D eigenvalue weighted by atomic mass is 19.4. The standard InChI is InChI=1S/C10H16F3N/c1-3-5-6-7-9(10(11,12)13)14-8-4-2/h9,14H,4,6-8H2,1-2H3. The van der Waals surface area contributed by atoms with Gasteiger partial charge in [-0.05, 0) is 26.3 Å². The third-order valence-corrected chi connectivity index (χ3v) is 1.77. The van der Waals surface area contributed by atoms with E-state index in [-0.39, 0.29) is 12.8 Å². The highest BCUT2D eigenvalue weighted by Gasteiger charge is 2.38. The van der Waals surface area contributed by atoms with Crippen LogP contribution in [0.25, 0.3) is 0 Å². The van der Waals surface area contributed by atoms with Crippen LogP contribution in [0.3, 0.4) is 0 Å². The molecule has 0 saturated carbocycles. The quantitative estimate of drug-likeness (QED) is 0.683. The van der Waals surface area contributed by atoms with Crippen molar-refractivity contribution in [3.63, 3.8) is 0 Å². The van der Waals surface area contributed by atoms with Gasteiger partial charge in [0.05, 0.1) is 0 Å². The molecule has 0 aliphatic heterocycles. The fraction of sp³-hybridized carbons (Fsp3) is 0.800. The lowest BCUT2D eigenvalue weighted by molar-refractivity contribution is -0.156. The van der Waals surface area contributed by atoms with Crippen LogP contribution in [-0.2, 0) is 0 Å². The van der Waals surface area contributed by atoms with E-state index in [1.165, 1.54) is 0 Å². The maximum absolute atomic E-state index is 12.4. The van der Waals surface area contributed by atoms with E-state index in [2.05, 4.69) is 17.2 Å². The van der Waals surface area contributed by atoms with Crippen molar-refractivity contribution in [3.8, 4) is 11.8 Å². The van der Waals surface area contributed by atoms with Crippen LogP contribution < -0.4 is 5.32 Å². The number of alkyl halides is 3. The maximum Gasteiger partial charge on any atom is 0.403 e. The van der Waals surface area contributed by atoms with E-state index in [4.69, 9.17) is 0 Å². The van der Waals surface area contributed by atoms with Crippen molar-refractivity contribution in [3.05, 3.63) is 0 Å². The van der Waals surface area contributed by atoms with Gasteiger partial charge in [-0.3, -0.25) is 0 Å². The van der Waals surface area contributed by atoms with Gasteiger partial charge in [0.25, 0.3) is 0 Å². The first-order valence-corrected chi connectivity index (χ1v) is 4.72. The molecule has 0 bridgehead atoms. The Hall–Kier alpha value is -0.690. The minimum atomic E-state index is -4.16. The second-order valence-electron chi connectivity index (χ2n) is 3.01. The van der Waals surface area contributed by atoms with Crippen molar-refractivity contribution >= 4 is 0 Å². The minimum Gasteiger partial charge on any atom is -0.306 e. The van der Waals surface area contributed by atoms with Gasteiger partial charge in [0.2, 0.25) is 0 Å². The first-order chi connectivity index (χ1) is 6.52. The normalized spacial score (nSPS) is 13.2. The Kier molecular flexibility index (Phi) is 6.39. The Labute approximate surface area is 83.1 Å². The molecule has 0 rings (SSSR count). The second kappa shape index (κ2) is 6.72. The van der Waals surface area contributed by atoms with Crippen molar-refractivity contribution < 1.29 is 13.2 Å². The van der Waals surface area contributed by atoms with Crippen LogP contribution in [-0.4, -0.2) is 18.8 Å². The maximum atomic E-state index is 12.4. The highest BCUT2D eigenvalue weighted by Crippen LogP contribution is 2.23. The van der Waals surface area contributed by atoms with Crippen LogP contribution in [0.1, 0.15) is 33.1 Å². The van der Waals surface area contributed by atoms with Crippen molar-refractivity contribution in [1.29, 1.82) is 0 Å². The lowest BCUT2D eigenvalue weighted by Crippen LogP contribution is -2.42. The van der Waals surface area contributed by atoms with E-state index >= 15 is 0 Å². The van der Waals surface area contributed by atoms with E-state index in [0.29, 0.717) is 13.0 Å². The molecule has 0 aromatic heterocycles. The molecule has 0 saturated heterocycles. The molecule has 0 aliphatic rings. The predicted octanol–water partition coefficient (Wildman–Crippen LogP) is 2.72. The molecular weight excluding hydrogens is 191 g/mol. The average Bonchev–Trinajstić information content (AvgIpc) is 2.09. The van der Waals surface area contributed by atoms with E-state index in [9.17, 15) is 13.2 Å². The summed E-state index contributed by atoms with van der Waals surface area (Å²) >= 11 is 0. The molecule has 0 spiro atoms. The number of rotatable bonds is 5. The summed E-state index contributed by atoms with van der Waals surface area (Å²) in [4.78, 5) is 0. The zero-order valence-corrected chi connectivity index (χ0v) is 8.54. The number of hydrogen-bond donors (Lipinski definition) is 1. The summed E-state index contributed by atoms with van der Waals surface area (Å²) < 4.78 is 37.1. The predicted molar refractivity (Wildman–Crippen MR) is 50.8 cm³/mol. The molecule has 0 aliphatic carbocycles. The summed E-state index contributed by atoms with van der Waals surface area (Å²) in [5.41, 5.74) is 0. The molecule has 0 amide bonds. The Morgan fingerprint density at radius 2 is 2.00 bits per heavy atom. The molecule has 1 N–H and O–H groups in total. The van der Waals surface area contributed by atoms with E-state index < -0.39 is 12.2 Å². The zero-order valence-electron chi connectivity index (χ0n) is 8.54. The van der Waals surface area contributed by atoms with Crippen molar-refractivity contribution in [2.45, 2.75) is 45.3 Å². The smallest absolute Gasteiger partial charge is 0.306 e. The summed E-state index contributed by atoms with van der Waals surface area (Å²) in [7, 11) is 0. The van der Waals surface area contributed by atoms with Gasteiger partial charge >= 0.3 is 6.18 Å². The average molecular weight is 207 g/mol. The lowest BCUT2D eigenvalue weighted by Gasteiger charge is -2.20. The Morgan fingerprint density at radius 3 is 2.43 bits per heavy atom. The fourth-order valence-corrected chi connectivity index (χ4v) is 1.04. The number of hydrogen-bond acceptors (Lipinski definition) is 1. The van der Waals surface area contributed by atoms with E-state index in [0.717, 1.165) is 0 Å². The number of halogens is 3. The molecule has 0 radical (unpaired) electrons. The summed E-state index contributed by atoms with van der Waals surface area (Å²) in [6.45, 7) is 3.86. The van der Waals surface area contributed by atoms with Crippen molar-refractivity contribution in [1.82, 2.24) is 5.32 Å². The Balaban J connectivity index is 4.02. The summed E-state index contributed by atoms with van der Waals surface area (Å²) in [6.07, 6.45) is -3.14. The van der Waals surface area contributed by atoms with Gasteiger partial charge in [-0.2, -0.15) is 13.2 Å². The Bertz CT molecular complexity index is 200. The molecule has 14 heavy (non-hydrogen) atoms. The molecule has 4 heteroatoms. The molecular formula is C10H16F3N. The monoisotopic (exact) mass is 207 g/mol. The summed E-state index contributed by atoms with van der Waals surface area (Å²) in [5.74, 6) is 5.22. The van der Waals surface area contributed by atoms with Gasteiger partial charge in [0.1, 0.15) is 6.04 Å². The molecule has 1 nitrogen and oxygen atoms in total. The lowest BCUT2D eigenvalue weighted by atomic mass is 10.1. The van der Waals surface area contributed by atoms with Gasteiger partial charge in [-0.1, -0.05) is 6.92 Å². The molecule has 1 atom stereocenters. The zero-order chi connectivity index (χ0) is 11.0. The first kappa shape index (κ1) is 13.3. The first-order valence-electron chi connectivity index (χ1n) is 4.72. The minimum absolute atomic E-state index is 0.0321. The van der Waals surface area contributed by atoms with Crippen LogP contribution in [0.5, 0.6) is 0 Å². The SMILES string of the molecule is CC#CCCC(NCCC)C(F)(F)F. The number of nitrogens with one attached hydrogen (secondary N) is 1. The molecule has 0 fully saturated rings. The molecule has 0 aromatic rings. The van der Waals surface area contributed by atoms with Crippen LogP contribution in [0, 0.1) is 11.8 Å². The molecule has 0 heterocycles. The van der Waals surface area contributed by atoms with Gasteiger partial charge in [-0.15, -0.1) is 11.8 Å². The van der Waals surface area contributed by atoms with Gasteiger partial charge in [0.15, 0.2) is 0 Å². The third-order valence-electron chi connectivity index (χ3n) is 1.77. The van der Waals surface area contributed by atoms with Gasteiger partial charge < -0.3 is 5.32 Å². The molecule has 82 valence electrons. The van der Waals surface area contributed by atoms with Crippen molar-refractivity contribution in [2.24, 2.45) is 0 Å². The van der Waals surface area contributed by atoms with E-state index in [1.54, 1.807) is 6.92 Å².